The molecule has 1 aromatic rings. The first kappa shape index (κ1) is 12.2. The van der Waals surface area contributed by atoms with Crippen molar-refractivity contribution in [1.82, 2.24) is 0 Å². The molecule has 98 valence electrons. The molecule has 1 saturated carbocycles. The van der Waals surface area contributed by atoms with Gasteiger partial charge in [0.2, 0.25) is 0 Å². The van der Waals surface area contributed by atoms with Gasteiger partial charge in [-0.15, -0.1) is 0 Å². The standard InChI is InChI=1S/C14H19NO2S/c1-9-7-11(16)13-12(8-9)17-14(18-13)15-10-5-3-2-4-6-10/h9-10H,2-8H2,1H3. The topological polar surface area (TPSA) is 42.6 Å². The maximum absolute atomic E-state index is 11.9. The third-order valence-corrected chi connectivity index (χ3v) is 4.86. The Balaban J connectivity index is 1.88. The second kappa shape index (κ2) is 5.00. The van der Waals surface area contributed by atoms with Gasteiger partial charge in [0.15, 0.2) is 5.78 Å². The molecule has 4 heteroatoms. The van der Waals surface area contributed by atoms with Crippen LogP contribution in [0.25, 0.3) is 0 Å². The van der Waals surface area contributed by atoms with Crippen LogP contribution in [-0.2, 0) is 6.42 Å². The van der Waals surface area contributed by atoms with Gasteiger partial charge in [0.05, 0.1) is 6.04 Å². The van der Waals surface area contributed by atoms with Crippen molar-refractivity contribution in [1.29, 1.82) is 0 Å². The SMILES string of the molecule is CC1CC(=O)c2sc(=NC3CCCCC3)oc2C1. The van der Waals surface area contributed by atoms with Crippen molar-refractivity contribution in [3.05, 3.63) is 15.5 Å². The molecule has 18 heavy (non-hydrogen) atoms. The number of rotatable bonds is 1. The fraction of sp³-hybridized carbons (Fsp3) is 0.714. The molecule has 1 heterocycles. The number of hydrogen-bond donors (Lipinski definition) is 0. The van der Waals surface area contributed by atoms with E-state index in [1.807, 2.05) is 0 Å². The lowest BCUT2D eigenvalue weighted by Gasteiger charge is -2.16. The van der Waals surface area contributed by atoms with Gasteiger partial charge in [-0.3, -0.25) is 4.79 Å². The fourth-order valence-corrected chi connectivity index (χ4v) is 3.83. The van der Waals surface area contributed by atoms with E-state index in [2.05, 4.69) is 11.9 Å². The zero-order valence-corrected chi connectivity index (χ0v) is 11.6. The number of Topliss-reactive ketones (excluding diaryl/α,β-unsaturated/α-hetero) is 1. The van der Waals surface area contributed by atoms with Gasteiger partial charge in [0.25, 0.3) is 4.87 Å². The summed E-state index contributed by atoms with van der Waals surface area (Å²) in [6, 6.07) is 0.412. The van der Waals surface area contributed by atoms with Crippen molar-refractivity contribution in [2.75, 3.05) is 0 Å². The maximum Gasteiger partial charge on any atom is 0.274 e. The summed E-state index contributed by atoms with van der Waals surface area (Å²) in [5.41, 5.74) is 0. The lowest BCUT2D eigenvalue weighted by molar-refractivity contribution is 0.0952. The molecule has 0 aliphatic heterocycles. The molecule has 3 nitrogen and oxygen atoms in total. The highest BCUT2D eigenvalue weighted by atomic mass is 32.1. The van der Waals surface area contributed by atoms with Crippen LogP contribution in [0.15, 0.2) is 9.41 Å². The number of hydrogen-bond acceptors (Lipinski definition) is 4. The molecular weight excluding hydrogens is 246 g/mol. The molecule has 0 aromatic carbocycles. The summed E-state index contributed by atoms with van der Waals surface area (Å²) in [7, 11) is 0. The lowest BCUT2D eigenvalue weighted by Crippen LogP contribution is -2.15. The van der Waals surface area contributed by atoms with Crippen molar-refractivity contribution >= 4 is 17.1 Å². The van der Waals surface area contributed by atoms with Gasteiger partial charge in [0, 0.05) is 12.8 Å². The van der Waals surface area contributed by atoms with Crippen LogP contribution in [0.3, 0.4) is 0 Å². The van der Waals surface area contributed by atoms with Crippen molar-refractivity contribution in [3.8, 4) is 0 Å². The molecule has 1 atom stereocenters. The van der Waals surface area contributed by atoms with E-state index >= 15 is 0 Å². The largest absolute Gasteiger partial charge is 0.434 e. The quantitative estimate of drug-likeness (QED) is 0.781. The van der Waals surface area contributed by atoms with Gasteiger partial charge in [-0.25, -0.2) is 4.99 Å². The molecule has 1 fully saturated rings. The number of fused-ring (bicyclic) bond motifs is 1. The fourth-order valence-electron chi connectivity index (χ4n) is 2.87. The second-order valence-corrected chi connectivity index (χ2v) is 6.54. The van der Waals surface area contributed by atoms with Crippen LogP contribution in [0.1, 0.15) is 60.9 Å². The Bertz CT molecular complexity index is 508. The summed E-state index contributed by atoms with van der Waals surface area (Å²) in [5.74, 6) is 1.52. The Morgan fingerprint density at radius 2 is 2.00 bits per heavy atom. The monoisotopic (exact) mass is 265 g/mol. The van der Waals surface area contributed by atoms with Gasteiger partial charge in [-0.2, -0.15) is 0 Å². The molecule has 1 unspecified atom stereocenters. The zero-order chi connectivity index (χ0) is 12.5. The minimum Gasteiger partial charge on any atom is -0.434 e. The van der Waals surface area contributed by atoms with E-state index in [9.17, 15) is 4.79 Å². The number of carbonyl (C=O) groups excluding carboxylic acids is 1. The molecule has 3 rings (SSSR count). The predicted molar refractivity (Wildman–Crippen MR) is 70.8 cm³/mol. The molecule has 0 spiro atoms. The summed E-state index contributed by atoms with van der Waals surface area (Å²) < 4.78 is 5.78. The van der Waals surface area contributed by atoms with Gasteiger partial charge in [0.1, 0.15) is 10.6 Å². The number of ketones is 1. The van der Waals surface area contributed by atoms with E-state index in [4.69, 9.17) is 4.42 Å². The Labute approximate surface area is 111 Å². The van der Waals surface area contributed by atoms with Crippen LogP contribution in [0.2, 0.25) is 0 Å². The first-order valence-corrected chi connectivity index (χ1v) is 7.74. The van der Waals surface area contributed by atoms with E-state index in [0.29, 0.717) is 23.2 Å². The van der Waals surface area contributed by atoms with E-state index < -0.39 is 0 Å². The van der Waals surface area contributed by atoms with Crippen molar-refractivity contribution in [3.63, 3.8) is 0 Å². The molecule has 0 radical (unpaired) electrons. The van der Waals surface area contributed by atoms with Crippen LogP contribution < -0.4 is 4.87 Å². The van der Waals surface area contributed by atoms with E-state index in [1.165, 1.54) is 43.4 Å². The summed E-state index contributed by atoms with van der Waals surface area (Å²) in [6.45, 7) is 2.10. The highest BCUT2D eigenvalue weighted by Gasteiger charge is 2.26. The molecular formula is C14H19NO2S. The van der Waals surface area contributed by atoms with E-state index in [-0.39, 0.29) is 5.78 Å². The first-order chi connectivity index (χ1) is 8.72. The Morgan fingerprint density at radius 1 is 1.22 bits per heavy atom. The molecule has 2 aliphatic rings. The number of carbonyl (C=O) groups is 1. The average Bonchev–Trinajstić information content (AvgIpc) is 2.73. The van der Waals surface area contributed by atoms with Gasteiger partial charge in [-0.1, -0.05) is 37.5 Å². The Kier molecular flexibility index (Phi) is 3.37. The van der Waals surface area contributed by atoms with Gasteiger partial charge < -0.3 is 4.42 Å². The van der Waals surface area contributed by atoms with Crippen LogP contribution >= 0.6 is 11.3 Å². The third-order valence-electron chi connectivity index (χ3n) is 3.84. The van der Waals surface area contributed by atoms with Crippen LogP contribution in [0, 0.1) is 5.92 Å². The van der Waals surface area contributed by atoms with Crippen molar-refractivity contribution < 1.29 is 9.21 Å². The average molecular weight is 265 g/mol. The maximum atomic E-state index is 11.9. The first-order valence-electron chi connectivity index (χ1n) is 6.92. The van der Waals surface area contributed by atoms with E-state index in [1.54, 1.807) is 0 Å². The van der Waals surface area contributed by atoms with E-state index in [0.717, 1.165) is 17.1 Å². The normalized spacial score (nSPS) is 26.4. The smallest absolute Gasteiger partial charge is 0.274 e. The Hall–Kier alpha value is -0.900. The minimum atomic E-state index is 0.239. The van der Waals surface area contributed by atoms with Crippen LogP contribution in [0.5, 0.6) is 0 Å². The highest BCUT2D eigenvalue weighted by Crippen LogP contribution is 2.27. The molecule has 0 N–H and O–H groups in total. The van der Waals surface area contributed by atoms with Crippen molar-refractivity contribution in [2.45, 2.75) is 57.9 Å². The summed E-state index contributed by atoms with van der Waals surface area (Å²) in [5, 5.41) is 0. The van der Waals surface area contributed by atoms with Gasteiger partial charge >= 0.3 is 0 Å². The summed E-state index contributed by atoms with van der Waals surface area (Å²) >= 11 is 1.46. The number of nitrogens with zero attached hydrogens (tertiary/aromatic N) is 1. The lowest BCUT2D eigenvalue weighted by atomic mass is 9.92. The Morgan fingerprint density at radius 3 is 2.78 bits per heavy atom. The second-order valence-electron chi connectivity index (χ2n) is 5.58. The minimum absolute atomic E-state index is 0.239. The molecule has 0 saturated heterocycles. The predicted octanol–water partition coefficient (Wildman–Crippen LogP) is 3.34. The molecule has 1 aromatic heterocycles. The molecule has 2 aliphatic carbocycles. The van der Waals surface area contributed by atoms with Crippen LogP contribution in [-0.4, -0.2) is 11.8 Å². The molecule has 0 amide bonds. The van der Waals surface area contributed by atoms with Crippen LogP contribution in [0.4, 0.5) is 0 Å². The summed E-state index contributed by atoms with van der Waals surface area (Å²) in [4.78, 5) is 18.1. The van der Waals surface area contributed by atoms with Crippen molar-refractivity contribution in [2.24, 2.45) is 10.9 Å². The third kappa shape index (κ3) is 2.44. The van der Waals surface area contributed by atoms with Gasteiger partial charge in [-0.05, 0) is 18.8 Å². The summed E-state index contributed by atoms with van der Waals surface area (Å²) in [6.07, 6.45) is 7.76. The highest BCUT2D eigenvalue weighted by molar-refractivity contribution is 7.11. The zero-order valence-electron chi connectivity index (χ0n) is 10.8. The molecule has 0 bridgehead atoms.